The van der Waals surface area contributed by atoms with Crippen LogP contribution in [0.15, 0.2) is 58.0 Å². The summed E-state index contributed by atoms with van der Waals surface area (Å²) in [4.78, 5) is 46.4. The van der Waals surface area contributed by atoms with Crippen LogP contribution in [0.2, 0.25) is 0 Å². The molecule has 0 saturated heterocycles. The van der Waals surface area contributed by atoms with Crippen LogP contribution in [0, 0.1) is 5.92 Å². The molecule has 3 aromatic rings. The first-order chi connectivity index (χ1) is 17.0. The van der Waals surface area contributed by atoms with Crippen LogP contribution in [0.4, 0.5) is 15.6 Å². The van der Waals surface area contributed by atoms with Crippen molar-refractivity contribution < 1.29 is 19.1 Å². The lowest BCUT2D eigenvalue weighted by atomic mass is 9.91. The number of nitrogens with one attached hydrogen (secondary N) is 2. The van der Waals surface area contributed by atoms with Crippen molar-refractivity contribution in [2.45, 2.75) is 48.3 Å². The smallest absolute Gasteiger partial charge is 0.325 e. The Hall–Kier alpha value is -3.24. The first kappa shape index (κ1) is 24.9. The van der Waals surface area contributed by atoms with E-state index in [-0.39, 0.29) is 30.7 Å². The summed E-state index contributed by atoms with van der Waals surface area (Å²) in [5, 5.41) is 6.79. The number of esters is 1. The number of urea groups is 1. The average Bonchev–Trinajstić information content (AvgIpc) is 3.53. The highest BCUT2D eigenvalue weighted by atomic mass is 32.2. The number of ketones is 1. The summed E-state index contributed by atoms with van der Waals surface area (Å²) in [6, 6.07) is 10.2. The zero-order valence-corrected chi connectivity index (χ0v) is 20.9. The number of aromatic nitrogens is 2. The number of rotatable bonds is 9. The molecule has 8 nitrogen and oxygen atoms in total. The van der Waals surface area contributed by atoms with Gasteiger partial charge in [-0.2, -0.15) is 0 Å². The Morgan fingerprint density at radius 3 is 2.69 bits per heavy atom. The number of pyridine rings is 1. The van der Waals surface area contributed by atoms with E-state index in [4.69, 9.17) is 4.74 Å². The molecule has 2 heterocycles. The monoisotopic (exact) mass is 510 g/mol. The maximum Gasteiger partial charge on any atom is 0.325 e. The van der Waals surface area contributed by atoms with Crippen LogP contribution in [-0.4, -0.2) is 34.4 Å². The van der Waals surface area contributed by atoms with E-state index in [2.05, 4.69) is 20.6 Å². The third-order valence-electron chi connectivity index (χ3n) is 5.55. The predicted octanol–water partition coefficient (Wildman–Crippen LogP) is 5.81. The van der Waals surface area contributed by atoms with Crippen molar-refractivity contribution in [1.29, 1.82) is 0 Å². The lowest BCUT2D eigenvalue weighted by Gasteiger charge is -2.15. The van der Waals surface area contributed by atoms with Gasteiger partial charge in [0, 0.05) is 23.4 Å². The van der Waals surface area contributed by atoms with Gasteiger partial charge in [0.15, 0.2) is 10.9 Å². The molecule has 2 aromatic heterocycles. The molecule has 1 aliphatic carbocycles. The lowest BCUT2D eigenvalue weighted by molar-refractivity contribution is -0.142. The number of anilines is 2. The van der Waals surface area contributed by atoms with E-state index < -0.39 is 6.03 Å². The first-order valence-electron chi connectivity index (χ1n) is 11.5. The molecule has 0 aliphatic heterocycles. The molecular formula is C25H26N4O4S2. The van der Waals surface area contributed by atoms with Crippen LogP contribution in [0.1, 0.15) is 48.5 Å². The van der Waals surface area contributed by atoms with E-state index in [9.17, 15) is 14.4 Å². The van der Waals surface area contributed by atoms with Gasteiger partial charge in [-0.25, -0.2) is 14.8 Å². The van der Waals surface area contributed by atoms with Crippen LogP contribution in [0.25, 0.3) is 0 Å². The fourth-order valence-electron chi connectivity index (χ4n) is 3.95. The van der Waals surface area contributed by atoms with Gasteiger partial charge in [-0.3, -0.25) is 14.9 Å². The largest absolute Gasteiger partial charge is 0.466 e. The number of benzene rings is 1. The minimum Gasteiger partial charge on any atom is -0.466 e. The number of hydrogen-bond acceptors (Lipinski definition) is 8. The van der Waals surface area contributed by atoms with E-state index >= 15 is 0 Å². The van der Waals surface area contributed by atoms with Gasteiger partial charge in [0.1, 0.15) is 5.03 Å². The van der Waals surface area contributed by atoms with Crippen molar-refractivity contribution in [3.63, 3.8) is 0 Å². The summed E-state index contributed by atoms with van der Waals surface area (Å²) in [6.07, 6.45) is 7.17. The van der Waals surface area contributed by atoms with Gasteiger partial charge >= 0.3 is 12.0 Å². The Labute approximate surface area is 211 Å². The minimum atomic E-state index is -0.467. The maximum atomic E-state index is 13.2. The van der Waals surface area contributed by atoms with E-state index in [1.807, 2.05) is 18.2 Å². The molecule has 10 heteroatoms. The number of amides is 2. The molecule has 35 heavy (non-hydrogen) atoms. The van der Waals surface area contributed by atoms with Crippen molar-refractivity contribution in [1.82, 2.24) is 9.97 Å². The lowest BCUT2D eigenvalue weighted by Crippen LogP contribution is -2.21. The van der Waals surface area contributed by atoms with Crippen LogP contribution < -0.4 is 10.6 Å². The molecule has 2 amide bonds. The van der Waals surface area contributed by atoms with Crippen molar-refractivity contribution in [2.24, 2.45) is 5.92 Å². The molecule has 1 fully saturated rings. The number of nitrogens with zero attached hydrogens (tertiary/aromatic N) is 2. The first-order valence-corrected chi connectivity index (χ1v) is 13.1. The quantitative estimate of drug-likeness (QED) is 0.276. The van der Waals surface area contributed by atoms with E-state index in [1.54, 1.807) is 37.5 Å². The number of carbonyl (C=O) groups excluding carboxylic acids is 3. The Kier molecular flexibility index (Phi) is 8.49. The fraction of sp³-hybridized carbons (Fsp3) is 0.320. The summed E-state index contributed by atoms with van der Waals surface area (Å²) >= 11 is 2.80. The number of carbonyl (C=O) groups is 3. The third-order valence-corrected chi connectivity index (χ3v) is 7.51. The average molecular weight is 511 g/mol. The predicted molar refractivity (Wildman–Crippen MR) is 136 cm³/mol. The number of Topliss-reactive ketones (excluding diaryl/α,β-unsaturated/α-hetero) is 1. The zero-order valence-electron chi connectivity index (χ0n) is 19.3. The molecule has 0 bridgehead atoms. The van der Waals surface area contributed by atoms with Crippen molar-refractivity contribution >= 4 is 51.7 Å². The molecule has 4 rings (SSSR count). The van der Waals surface area contributed by atoms with E-state index in [1.165, 1.54) is 23.1 Å². The standard InChI is InChI=1S/C25H26N4O4S2/c1-2-33-21(30)13-17-10-11-18(14-19(17)23(31)16-7-3-4-8-16)28-24(32)29-25-27-15-22(35-25)34-20-9-5-6-12-26-20/h5-6,9-12,14-16H,2-4,7-8,13H2,1H3,(H2,27,28,29,32). The molecule has 1 aromatic carbocycles. The highest BCUT2D eigenvalue weighted by Crippen LogP contribution is 2.33. The maximum absolute atomic E-state index is 13.2. The fourth-order valence-corrected chi connectivity index (χ4v) is 5.72. The molecule has 182 valence electrons. The van der Waals surface area contributed by atoms with Gasteiger partial charge in [0.25, 0.3) is 0 Å². The van der Waals surface area contributed by atoms with Crippen LogP contribution >= 0.6 is 23.1 Å². The van der Waals surface area contributed by atoms with E-state index in [0.29, 0.717) is 21.9 Å². The Balaban J connectivity index is 1.44. The molecule has 0 spiro atoms. The van der Waals surface area contributed by atoms with Crippen LogP contribution in [0.5, 0.6) is 0 Å². The van der Waals surface area contributed by atoms with Gasteiger partial charge < -0.3 is 10.1 Å². The second kappa shape index (κ2) is 11.9. The van der Waals surface area contributed by atoms with Gasteiger partial charge in [-0.1, -0.05) is 48.1 Å². The molecule has 1 aliphatic rings. The van der Waals surface area contributed by atoms with Crippen molar-refractivity contribution in [3.05, 3.63) is 59.9 Å². The van der Waals surface area contributed by atoms with Gasteiger partial charge in [0.05, 0.1) is 23.4 Å². The Bertz CT molecular complexity index is 1190. The zero-order chi connectivity index (χ0) is 24.6. The molecule has 0 radical (unpaired) electrons. The Morgan fingerprint density at radius 2 is 1.94 bits per heavy atom. The minimum absolute atomic E-state index is 0.0157. The number of ether oxygens (including phenoxy) is 1. The molecule has 1 saturated carbocycles. The van der Waals surface area contributed by atoms with Gasteiger partial charge in [-0.05, 0) is 49.6 Å². The SMILES string of the molecule is CCOC(=O)Cc1ccc(NC(=O)Nc2ncc(Sc3ccccn3)s2)cc1C(=O)C1CCCC1. The number of hydrogen-bond donors (Lipinski definition) is 2. The summed E-state index contributed by atoms with van der Waals surface area (Å²) in [7, 11) is 0. The van der Waals surface area contributed by atoms with Crippen molar-refractivity contribution in [3.8, 4) is 0 Å². The molecule has 2 N–H and O–H groups in total. The highest BCUT2D eigenvalue weighted by molar-refractivity contribution is 8.01. The van der Waals surface area contributed by atoms with Crippen LogP contribution in [0.3, 0.4) is 0 Å². The van der Waals surface area contributed by atoms with E-state index in [0.717, 1.165) is 34.9 Å². The van der Waals surface area contributed by atoms with Gasteiger partial charge in [0.2, 0.25) is 0 Å². The summed E-state index contributed by atoms with van der Waals surface area (Å²) in [5.74, 6) is -0.415. The topological polar surface area (TPSA) is 110 Å². The molecule has 0 atom stereocenters. The second-order valence-electron chi connectivity index (χ2n) is 8.03. The van der Waals surface area contributed by atoms with Crippen molar-refractivity contribution in [2.75, 3.05) is 17.2 Å². The third kappa shape index (κ3) is 6.89. The molecule has 0 unspecified atom stereocenters. The highest BCUT2D eigenvalue weighted by Gasteiger charge is 2.26. The number of thiazole rings is 1. The molecular weight excluding hydrogens is 484 g/mol. The normalized spacial score (nSPS) is 13.4. The van der Waals surface area contributed by atoms with Crippen LogP contribution in [-0.2, 0) is 16.0 Å². The summed E-state index contributed by atoms with van der Waals surface area (Å²) in [5.41, 5.74) is 1.55. The van der Waals surface area contributed by atoms with Gasteiger partial charge in [-0.15, -0.1) is 0 Å². The second-order valence-corrected chi connectivity index (χ2v) is 10.4. The summed E-state index contributed by atoms with van der Waals surface area (Å²) in [6.45, 7) is 2.03. The Morgan fingerprint density at radius 1 is 1.11 bits per heavy atom. The summed E-state index contributed by atoms with van der Waals surface area (Å²) < 4.78 is 5.96.